The van der Waals surface area contributed by atoms with Crippen molar-refractivity contribution >= 4 is 5.95 Å². The minimum Gasteiger partial charge on any atom is -0.368 e. The molecule has 0 atom stereocenters. The largest absolute Gasteiger partial charge is 0.368 e. The third-order valence-corrected chi connectivity index (χ3v) is 2.42. The molecule has 1 aromatic heterocycles. The van der Waals surface area contributed by atoms with Crippen molar-refractivity contribution in [1.29, 1.82) is 0 Å². The summed E-state index contributed by atoms with van der Waals surface area (Å²) in [7, 11) is 0. The van der Waals surface area contributed by atoms with Gasteiger partial charge in [-0.05, 0) is 32.9 Å². The second-order valence-electron chi connectivity index (χ2n) is 3.44. The van der Waals surface area contributed by atoms with Gasteiger partial charge in [0.25, 0.3) is 0 Å². The predicted octanol–water partition coefficient (Wildman–Crippen LogP) is 0.0932. The van der Waals surface area contributed by atoms with Crippen LogP contribution in [0.4, 0.5) is 5.95 Å². The molecule has 2 rings (SSSR count). The Morgan fingerprint density at radius 3 is 2.69 bits per heavy atom. The maximum atomic E-state index is 5.74. The van der Waals surface area contributed by atoms with Crippen LogP contribution in [0.3, 0.4) is 0 Å². The highest BCUT2D eigenvalue weighted by Gasteiger charge is 2.18. The number of nitrogen functional groups attached to an aromatic ring is 1. The standard InChI is InChI=1S/C8H15N5/c1-6-11-8(9)13(12-6)7-2-4-10-5-3-7/h7,10H,2-5H2,1H3,(H2,9,11,12). The zero-order valence-corrected chi connectivity index (χ0v) is 7.82. The molecule has 0 aliphatic carbocycles. The number of hydrogen-bond acceptors (Lipinski definition) is 4. The molecule has 0 unspecified atom stereocenters. The van der Waals surface area contributed by atoms with Crippen LogP contribution in [-0.4, -0.2) is 27.9 Å². The number of hydrogen-bond donors (Lipinski definition) is 2. The molecule has 0 bridgehead atoms. The number of aryl methyl sites for hydroxylation is 1. The molecular weight excluding hydrogens is 166 g/mol. The molecule has 0 radical (unpaired) electrons. The van der Waals surface area contributed by atoms with Crippen LogP contribution in [-0.2, 0) is 0 Å². The van der Waals surface area contributed by atoms with E-state index in [1.807, 2.05) is 11.6 Å². The van der Waals surface area contributed by atoms with Gasteiger partial charge in [-0.15, -0.1) is 0 Å². The molecule has 3 N–H and O–H groups in total. The third-order valence-electron chi connectivity index (χ3n) is 2.42. The molecule has 1 saturated heterocycles. The summed E-state index contributed by atoms with van der Waals surface area (Å²) in [5, 5.41) is 7.60. The van der Waals surface area contributed by atoms with Crippen LogP contribution in [0.2, 0.25) is 0 Å². The molecular formula is C8H15N5. The van der Waals surface area contributed by atoms with Crippen LogP contribution in [0, 0.1) is 6.92 Å². The van der Waals surface area contributed by atoms with Gasteiger partial charge in [0.1, 0.15) is 5.82 Å². The molecule has 72 valence electrons. The lowest BCUT2D eigenvalue weighted by atomic mass is 10.1. The lowest BCUT2D eigenvalue weighted by Gasteiger charge is -2.22. The van der Waals surface area contributed by atoms with Gasteiger partial charge in [0.2, 0.25) is 5.95 Å². The maximum Gasteiger partial charge on any atom is 0.218 e. The second-order valence-corrected chi connectivity index (χ2v) is 3.44. The van der Waals surface area contributed by atoms with E-state index >= 15 is 0 Å². The van der Waals surface area contributed by atoms with E-state index in [1.165, 1.54) is 0 Å². The summed E-state index contributed by atoms with van der Waals surface area (Å²) < 4.78 is 1.86. The molecule has 5 heteroatoms. The molecule has 1 fully saturated rings. The summed E-state index contributed by atoms with van der Waals surface area (Å²) in [5.41, 5.74) is 5.74. The van der Waals surface area contributed by atoms with Crippen molar-refractivity contribution in [2.45, 2.75) is 25.8 Å². The Kier molecular flexibility index (Phi) is 2.18. The average Bonchev–Trinajstić information content (AvgIpc) is 2.47. The van der Waals surface area contributed by atoms with E-state index in [0.717, 1.165) is 31.8 Å². The predicted molar refractivity (Wildman–Crippen MR) is 50.3 cm³/mol. The minimum atomic E-state index is 0.433. The van der Waals surface area contributed by atoms with Crippen molar-refractivity contribution in [1.82, 2.24) is 20.1 Å². The highest BCUT2D eigenvalue weighted by Crippen LogP contribution is 2.19. The maximum absolute atomic E-state index is 5.74. The first-order chi connectivity index (χ1) is 6.27. The van der Waals surface area contributed by atoms with Gasteiger partial charge >= 0.3 is 0 Å². The van der Waals surface area contributed by atoms with Gasteiger partial charge in [0, 0.05) is 0 Å². The normalized spacial score (nSPS) is 19.2. The lowest BCUT2D eigenvalue weighted by molar-refractivity contribution is 0.346. The summed E-state index contributed by atoms with van der Waals surface area (Å²) in [5.74, 6) is 1.31. The summed E-state index contributed by atoms with van der Waals surface area (Å²) in [6, 6.07) is 0.433. The number of nitrogens with two attached hydrogens (primary N) is 1. The monoisotopic (exact) mass is 181 g/mol. The third kappa shape index (κ3) is 1.65. The first kappa shape index (κ1) is 8.50. The quantitative estimate of drug-likeness (QED) is 0.644. The van der Waals surface area contributed by atoms with E-state index in [4.69, 9.17) is 5.73 Å². The summed E-state index contributed by atoms with van der Waals surface area (Å²) in [4.78, 5) is 4.10. The van der Waals surface area contributed by atoms with Gasteiger partial charge in [-0.1, -0.05) is 0 Å². The Labute approximate surface area is 77.3 Å². The van der Waals surface area contributed by atoms with E-state index in [1.54, 1.807) is 0 Å². The van der Waals surface area contributed by atoms with Gasteiger partial charge in [-0.2, -0.15) is 10.1 Å². The Morgan fingerprint density at radius 2 is 2.15 bits per heavy atom. The van der Waals surface area contributed by atoms with Crippen molar-refractivity contribution < 1.29 is 0 Å². The highest BCUT2D eigenvalue weighted by molar-refractivity contribution is 5.16. The summed E-state index contributed by atoms with van der Waals surface area (Å²) in [6.45, 7) is 3.96. The Hall–Kier alpha value is -1.10. The Morgan fingerprint density at radius 1 is 1.46 bits per heavy atom. The van der Waals surface area contributed by atoms with Gasteiger partial charge in [0.05, 0.1) is 6.04 Å². The lowest BCUT2D eigenvalue weighted by Crippen LogP contribution is -2.30. The molecule has 1 aliphatic heterocycles. The highest BCUT2D eigenvalue weighted by atomic mass is 15.4. The van der Waals surface area contributed by atoms with E-state index in [0.29, 0.717) is 12.0 Å². The number of piperidine rings is 1. The molecule has 1 aromatic rings. The van der Waals surface area contributed by atoms with Crippen molar-refractivity contribution in [2.24, 2.45) is 0 Å². The van der Waals surface area contributed by atoms with Crippen molar-refractivity contribution in [2.75, 3.05) is 18.8 Å². The fraction of sp³-hybridized carbons (Fsp3) is 0.750. The average molecular weight is 181 g/mol. The zero-order valence-electron chi connectivity index (χ0n) is 7.82. The van der Waals surface area contributed by atoms with Crippen LogP contribution in [0.5, 0.6) is 0 Å². The number of rotatable bonds is 1. The zero-order chi connectivity index (χ0) is 9.26. The first-order valence-corrected chi connectivity index (χ1v) is 4.66. The molecule has 0 amide bonds. The molecule has 0 saturated carbocycles. The molecule has 13 heavy (non-hydrogen) atoms. The minimum absolute atomic E-state index is 0.433. The van der Waals surface area contributed by atoms with Crippen LogP contribution in [0.25, 0.3) is 0 Å². The van der Waals surface area contributed by atoms with Crippen molar-refractivity contribution in [3.63, 3.8) is 0 Å². The number of aromatic nitrogens is 3. The Bertz CT molecular complexity index is 287. The fourth-order valence-corrected chi connectivity index (χ4v) is 1.77. The van der Waals surface area contributed by atoms with Crippen molar-refractivity contribution in [3.8, 4) is 0 Å². The summed E-state index contributed by atoms with van der Waals surface area (Å²) >= 11 is 0. The molecule has 2 heterocycles. The first-order valence-electron chi connectivity index (χ1n) is 4.66. The molecule has 0 spiro atoms. The van der Waals surface area contributed by atoms with Crippen LogP contribution >= 0.6 is 0 Å². The Balaban J connectivity index is 2.18. The van der Waals surface area contributed by atoms with Gasteiger partial charge < -0.3 is 11.1 Å². The topological polar surface area (TPSA) is 68.8 Å². The van der Waals surface area contributed by atoms with E-state index in [2.05, 4.69) is 15.4 Å². The molecule has 1 aliphatic rings. The SMILES string of the molecule is Cc1nc(N)n(C2CCNCC2)n1. The summed E-state index contributed by atoms with van der Waals surface area (Å²) in [6.07, 6.45) is 2.18. The van der Waals surface area contributed by atoms with Gasteiger partial charge in [-0.3, -0.25) is 0 Å². The van der Waals surface area contributed by atoms with Gasteiger partial charge in [0.15, 0.2) is 0 Å². The smallest absolute Gasteiger partial charge is 0.218 e. The van der Waals surface area contributed by atoms with Crippen LogP contribution in [0.1, 0.15) is 24.7 Å². The van der Waals surface area contributed by atoms with E-state index < -0.39 is 0 Å². The van der Waals surface area contributed by atoms with E-state index in [-0.39, 0.29) is 0 Å². The number of anilines is 1. The number of nitrogens with one attached hydrogen (secondary N) is 1. The van der Waals surface area contributed by atoms with Crippen LogP contribution in [0.15, 0.2) is 0 Å². The molecule has 0 aromatic carbocycles. The second kappa shape index (κ2) is 3.33. The van der Waals surface area contributed by atoms with Crippen LogP contribution < -0.4 is 11.1 Å². The van der Waals surface area contributed by atoms with Crippen molar-refractivity contribution in [3.05, 3.63) is 5.82 Å². The van der Waals surface area contributed by atoms with Gasteiger partial charge in [-0.25, -0.2) is 4.68 Å². The number of nitrogens with zero attached hydrogens (tertiary/aromatic N) is 3. The fourth-order valence-electron chi connectivity index (χ4n) is 1.77. The van der Waals surface area contributed by atoms with E-state index in [9.17, 15) is 0 Å². The molecule has 5 nitrogen and oxygen atoms in total.